The number of aromatic nitrogens is 5. The van der Waals surface area contributed by atoms with Crippen LogP contribution in [0.3, 0.4) is 0 Å². The predicted octanol–water partition coefficient (Wildman–Crippen LogP) is 4.33. The molecule has 0 aliphatic carbocycles. The Morgan fingerprint density at radius 2 is 1.97 bits per heavy atom. The van der Waals surface area contributed by atoms with E-state index in [0.717, 1.165) is 43.2 Å². The average molecular weight is 512 g/mol. The first-order valence-corrected chi connectivity index (χ1v) is 11.9. The van der Waals surface area contributed by atoms with Crippen LogP contribution in [0.5, 0.6) is 0 Å². The lowest BCUT2D eigenvalue weighted by atomic mass is 10.1. The Morgan fingerprint density at radius 1 is 1.16 bits per heavy atom. The van der Waals surface area contributed by atoms with Crippen LogP contribution in [0.2, 0.25) is 0 Å². The Balaban J connectivity index is 1.35. The summed E-state index contributed by atoms with van der Waals surface area (Å²) in [6.45, 7) is 3.88. The average Bonchev–Trinajstić information content (AvgIpc) is 3.52. The number of rotatable bonds is 6. The summed E-state index contributed by atoms with van der Waals surface area (Å²) in [5.74, 6) is 1.24. The molecular weight excluding hydrogens is 483 g/mol. The van der Waals surface area contributed by atoms with E-state index in [4.69, 9.17) is 5.73 Å². The second-order valence-electron chi connectivity index (χ2n) is 9.49. The van der Waals surface area contributed by atoms with Crippen molar-refractivity contribution in [1.29, 1.82) is 0 Å². The Kier molecular flexibility index (Phi) is 6.36. The van der Waals surface area contributed by atoms with E-state index < -0.39 is 11.7 Å². The maximum absolute atomic E-state index is 13.2. The molecule has 0 saturated carbocycles. The highest BCUT2D eigenvalue weighted by atomic mass is 19.4. The minimum Gasteiger partial charge on any atom is -0.396 e. The van der Waals surface area contributed by atoms with Crippen molar-refractivity contribution in [3.63, 3.8) is 0 Å². The van der Waals surface area contributed by atoms with Crippen LogP contribution in [-0.2, 0) is 6.18 Å². The number of hydrogen-bond acceptors (Lipinski definition) is 8. The topological polar surface area (TPSA) is 112 Å². The van der Waals surface area contributed by atoms with Gasteiger partial charge in [0.25, 0.3) is 0 Å². The highest BCUT2D eigenvalue weighted by Crippen LogP contribution is 2.35. The van der Waals surface area contributed by atoms with Crippen LogP contribution < -0.4 is 16.0 Å². The monoisotopic (exact) mass is 511 g/mol. The maximum atomic E-state index is 13.2. The second-order valence-corrected chi connectivity index (χ2v) is 9.49. The highest BCUT2D eigenvalue weighted by Gasteiger charge is 2.32. The lowest BCUT2D eigenvalue weighted by Crippen LogP contribution is -2.31. The van der Waals surface area contributed by atoms with Gasteiger partial charge in [-0.2, -0.15) is 13.2 Å². The predicted molar refractivity (Wildman–Crippen MR) is 137 cm³/mol. The standard InChI is InChI=1S/C25H28F3N9/c1-14(15-4-5-21(30-9-15)37-7-6-17(13-37)36(2)3)34-24-33-12-20(29)22(35-24)19-11-32-23-18(19)8-16(10-31-23)25(26,27)28/h4-5,8-12,14,17H,6-7,13,29H2,1-3H3,(H,31,32)(H,33,34,35)/t14-,17-/m1/s1. The van der Waals surface area contributed by atoms with Crippen molar-refractivity contribution in [3.8, 4) is 11.3 Å². The van der Waals surface area contributed by atoms with Gasteiger partial charge in [0, 0.05) is 48.7 Å². The molecule has 5 rings (SSSR count). The van der Waals surface area contributed by atoms with E-state index in [-0.39, 0.29) is 17.1 Å². The minimum absolute atomic E-state index is 0.174. The van der Waals surface area contributed by atoms with Gasteiger partial charge in [-0.3, -0.25) is 0 Å². The Labute approximate surface area is 211 Å². The lowest BCUT2D eigenvalue weighted by molar-refractivity contribution is -0.137. The molecular formula is C25H28F3N9. The number of halogens is 3. The number of fused-ring (bicyclic) bond motifs is 1. The molecule has 0 spiro atoms. The smallest absolute Gasteiger partial charge is 0.396 e. The number of nitrogens with zero attached hydrogens (tertiary/aromatic N) is 6. The fourth-order valence-corrected chi connectivity index (χ4v) is 4.52. The summed E-state index contributed by atoms with van der Waals surface area (Å²) in [5.41, 5.74) is 7.49. The van der Waals surface area contributed by atoms with Crippen molar-refractivity contribution < 1.29 is 13.2 Å². The number of likely N-dealkylation sites (N-methyl/N-ethyl adjacent to an activating group) is 1. The number of pyridine rings is 2. The van der Waals surface area contributed by atoms with Gasteiger partial charge >= 0.3 is 6.18 Å². The molecule has 4 N–H and O–H groups in total. The van der Waals surface area contributed by atoms with E-state index in [0.29, 0.717) is 28.9 Å². The molecule has 4 aromatic rings. The van der Waals surface area contributed by atoms with Gasteiger partial charge < -0.3 is 25.8 Å². The number of aromatic amines is 1. The van der Waals surface area contributed by atoms with Crippen LogP contribution in [0.25, 0.3) is 22.3 Å². The number of nitrogen functional groups attached to an aromatic ring is 1. The second kappa shape index (κ2) is 9.51. The minimum atomic E-state index is -4.51. The number of alkyl halides is 3. The van der Waals surface area contributed by atoms with Gasteiger partial charge in [0.2, 0.25) is 5.95 Å². The quantitative estimate of drug-likeness (QED) is 0.351. The van der Waals surface area contributed by atoms with Crippen LogP contribution in [0.4, 0.5) is 30.6 Å². The zero-order valence-corrected chi connectivity index (χ0v) is 20.7. The summed E-state index contributed by atoms with van der Waals surface area (Å²) in [5, 5.41) is 3.51. The first-order chi connectivity index (χ1) is 17.6. The number of nitrogens with two attached hydrogens (primary N) is 1. The van der Waals surface area contributed by atoms with Crippen molar-refractivity contribution in [2.75, 3.05) is 43.1 Å². The summed E-state index contributed by atoms with van der Waals surface area (Å²) >= 11 is 0. The van der Waals surface area contributed by atoms with E-state index >= 15 is 0 Å². The van der Waals surface area contributed by atoms with Crippen LogP contribution in [-0.4, -0.2) is 63.0 Å². The van der Waals surface area contributed by atoms with Crippen molar-refractivity contribution >= 4 is 28.5 Å². The van der Waals surface area contributed by atoms with E-state index in [1.807, 2.05) is 25.3 Å². The third-order valence-corrected chi connectivity index (χ3v) is 6.76. The third-order valence-electron chi connectivity index (χ3n) is 6.76. The van der Waals surface area contributed by atoms with Crippen molar-refractivity contribution in [2.45, 2.75) is 31.6 Å². The van der Waals surface area contributed by atoms with Crippen molar-refractivity contribution in [1.82, 2.24) is 29.8 Å². The molecule has 1 aliphatic rings. The Morgan fingerprint density at radius 3 is 2.65 bits per heavy atom. The summed E-state index contributed by atoms with van der Waals surface area (Å²) in [7, 11) is 4.19. The highest BCUT2D eigenvalue weighted by molar-refractivity contribution is 5.95. The molecule has 0 amide bonds. The van der Waals surface area contributed by atoms with E-state index in [2.05, 4.69) is 54.1 Å². The van der Waals surface area contributed by atoms with Gasteiger partial charge in [-0.25, -0.2) is 19.9 Å². The van der Waals surface area contributed by atoms with Gasteiger partial charge in [-0.15, -0.1) is 0 Å². The molecule has 0 radical (unpaired) electrons. The molecule has 9 nitrogen and oxygen atoms in total. The lowest BCUT2D eigenvalue weighted by Gasteiger charge is -2.21. The number of hydrogen-bond donors (Lipinski definition) is 3. The summed E-state index contributed by atoms with van der Waals surface area (Å²) in [6, 6.07) is 5.42. The van der Waals surface area contributed by atoms with Crippen molar-refractivity contribution in [3.05, 3.63) is 54.1 Å². The molecule has 12 heteroatoms. The van der Waals surface area contributed by atoms with Gasteiger partial charge in [-0.05, 0) is 45.1 Å². The van der Waals surface area contributed by atoms with E-state index in [9.17, 15) is 13.2 Å². The van der Waals surface area contributed by atoms with Gasteiger partial charge in [0.05, 0.1) is 23.5 Å². The van der Waals surface area contributed by atoms with Gasteiger partial charge in [0.15, 0.2) is 0 Å². The first kappa shape index (κ1) is 24.8. The number of nitrogens with one attached hydrogen (secondary N) is 2. The molecule has 4 aromatic heterocycles. The zero-order valence-electron chi connectivity index (χ0n) is 20.7. The van der Waals surface area contributed by atoms with E-state index in [1.54, 1.807) is 6.20 Å². The normalized spacial score (nSPS) is 17.1. The Bertz CT molecular complexity index is 1400. The number of anilines is 3. The van der Waals surface area contributed by atoms with Gasteiger partial charge in [-0.1, -0.05) is 6.07 Å². The Hall–Kier alpha value is -3.93. The zero-order chi connectivity index (χ0) is 26.3. The van der Waals surface area contributed by atoms with Crippen LogP contribution in [0.1, 0.15) is 30.5 Å². The van der Waals surface area contributed by atoms with Crippen LogP contribution in [0, 0.1) is 0 Å². The molecule has 1 saturated heterocycles. The molecule has 194 valence electrons. The summed E-state index contributed by atoms with van der Waals surface area (Å²) < 4.78 is 39.7. The van der Waals surface area contributed by atoms with Crippen molar-refractivity contribution in [2.24, 2.45) is 0 Å². The largest absolute Gasteiger partial charge is 0.417 e. The molecule has 5 heterocycles. The number of H-pyrrole nitrogens is 1. The molecule has 1 aliphatic heterocycles. The summed E-state index contributed by atoms with van der Waals surface area (Å²) in [6.07, 6.45) is 2.21. The molecule has 0 bridgehead atoms. The molecule has 37 heavy (non-hydrogen) atoms. The van der Waals surface area contributed by atoms with Gasteiger partial charge in [0.1, 0.15) is 17.2 Å². The molecule has 1 fully saturated rings. The third kappa shape index (κ3) is 5.01. The molecule has 0 unspecified atom stereocenters. The SMILES string of the molecule is C[C@@H](Nc1ncc(N)c(-c2c[nH]c3ncc(C(F)(F)F)cc23)n1)c1ccc(N2CC[C@@H](N(C)C)C2)nc1. The molecule has 0 aromatic carbocycles. The fourth-order valence-electron chi connectivity index (χ4n) is 4.52. The van der Waals surface area contributed by atoms with Crippen LogP contribution >= 0.6 is 0 Å². The summed E-state index contributed by atoms with van der Waals surface area (Å²) in [4.78, 5) is 24.7. The maximum Gasteiger partial charge on any atom is 0.417 e. The first-order valence-electron chi connectivity index (χ1n) is 11.9. The molecule has 2 atom stereocenters. The fraction of sp³-hybridized carbons (Fsp3) is 0.360. The van der Waals surface area contributed by atoms with Crippen LogP contribution in [0.15, 0.2) is 43.0 Å². The van der Waals surface area contributed by atoms with E-state index in [1.165, 1.54) is 6.20 Å².